The fraction of sp³-hybridized carbons (Fsp3) is 0.143. The van der Waals surface area contributed by atoms with Crippen LogP contribution in [0.15, 0.2) is 42.5 Å². The summed E-state index contributed by atoms with van der Waals surface area (Å²) in [7, 11) is 0. The highest BCUT2D eigenvalue weighted by atomic mass is 19.4. The van der Waals surface area contributed by atoms with Crippen molar-refractivity contribution in [2.24, 2.45) is 5.73 Å². The fourth-order valence-electron chi connectivity index (χ4n) is 2.15. The number of nitrogens with one attached hydrogen (secondary N) is 1. The average molecular weight is 336 g/mol. The number of nitrogens with zero attached hydrogens (tertiary/aromatic N) is 4. The Morgan fingerprint density at radius 2 is 1.83 bits per heavy atom. The second-order valence-corrected chi connectivity index (χ2v) is 4.90. The molecular formula is C14H11F3N6O. The second-order valence-electron chi connectivity index (χ2n) is 4.90. The number of alkyl halides is 3. The molecular weight excluding hydrogens is 325 g/mol. The van der Waals surface area contributed by atoms with Gasteiger partial charge in [0.25, 0.3) is 5.82 Å². The van der Waals surface area contributed by atoms with Gasteiger partial charge in [-0.15, -0.1) is 15.3 Å². The number of halogens is 3. The van der Waals surface area contributed by atoms with Crippen molar-refractivity contribution in [3.63, 3.8) is 0 Å². The zero-order valence-corrected chi connectivity index (χ0v) is 12.0. The number of anilines is 1. The Bertz CT molecular complexity index is 877. The molecule has 2 heterocycles. The van der Waals surface area contributed by atoms with E-state index in [9.17, 15) is 18.0 Å². The molecule has 0 unspecified atom stereocenters. The van der Waals surface area contributed by atoms with Crippen molar-refractivity contribution in [3.8, 4) is 0 Å². The van der Waals surface area contributed by atoms with Gasteiger partial charge in [0.1, 0.15) is 11.9 Å². The molecule has 1 aromatic carbocycles. The van der Waals surface area contributed by atoms with Crippen LogP contribution in [0.25, 0.3) is 5.65 Å². The van der Waals surface area contributed by atoms with E-state index in [-0.39, 0.29) is 11.5 Å². The van der Waals surface area contributed by atoms with E-state index in [1.54, 1.807) is 30.3 Å². The molecule has 1 amide bonds. The number of hydrogen-bond acceptors (Lipinski definition) is 5. The minimum absolute atomic E-state index is 0.0282. The Kier molecular flexibility index (Phi) is 3.80. The number of primary amides is 1. The smallest absolute Gasteiger partial charge is 0.368 e. The molecule has 1 atom stereocenters. The van der Waals surface area contributed by atoms with Crippen LogP contribution in [-0.2, 0) is 11.0 Å². The minimum atomic E-state index is -4.70. The van der Waals surface area contributed by atoms with Gasteiger partial charge in [0, 0.05) is 0 Å². The summed E-state index contributed by atoms with van der Waals surface area (Å²) in [5.74, 6) is -1.92. The highest BCUT2D eigenvalue weighted by Gasteiger charge is 2.37. The summed E-state index contributed by atoms with van der Waals surface area (Å²) in [4.78, 5) is 11.7. The van der Waals surface area contributed by atoms with E-state index in [2.05, 4.69) is 20.6 Å². The first-order valence-electron chi connectivity index (χ1n) is 6.77. The van der Waals surface area contributed by atoms with Gasteiger partial charge < -0.3 is 11.1 Å². The van der Waals surface area contributed by atoms with Gasteiger partial charge in [0.15, 0.2) is 5.65 Å². The molecule has 0 aliphatic rings. The molecule has 0 spiro atoms. The van der Waals surface area contributed by atoms with Crippen LogP contribution in [0.3, 0.4) is 0 Å². The van der Waals surface area contributed by atoms with E-state index in [0.717, 1.165) is 0 Å². The summed E-state index contributed by atoms with van der Waals surface area (Å²) in [6.45, 7) is 0. The molecule has 0 fully saturated rings. The van der Waals surface area contributed by atoms with Gasteiger partial charge in [0.05, 0.1) is 0 Å². The quantitative estimate of drug-likeness (QED) is 0.757. The molecule has 0 radical (unpaired) electrons. The molecule has 0 saturated carbocycles. The van der Waals surface area contributed by atoms with Gasteiger partial charge in [-0.3, -0.25) is 4.79 Å². The summed E-state index contributed by atoms with van der Waals surface area (Å²) in [6, 6.07) is 10.3. The van der Waals surface area contributed by atoms with Crippen LogP contribution in [0.4, 0.5) is 19.0 Å². The van der Waals surface area contributed by atoms with Crippen molar-refractivity contribution in [2.75, 3.05) is 5.32 Å². The Hall–Kier alpha value is -3.17. The largest absolute Gasteiger partial charge is 0.453 e. The van der Waals surface area contributed by atoms with Gasteiger partial charge >= 0.3 is 6.18 Å². The molecule has 0 aliphatic carbocycles. The van der Waals surface area contributed by atoms with Crippen molar-refractivity contribution >= 4 is 17.4 Å². The lowest BCUT2D eigenvalue weighted by Gasteiger charge is -2.16. The van der Waals surface area contributed by atoms with Crippen molar-refractivity contribution in [3.05, 3.63) is 53.9 Å². The van der Waals surface area contributed by atoms with Crippen LogP contribution in [0.5, 0.6) is 0 Å². The standard InChI is InChI=1S/C14H11F3N6O/c15-14(16,17)13-21-20-10-7-6-9(22-23(10)13)19-11(12(18)24)8-4-2-1-3-5-8/h1-7,11H,(H2,18,24)(H,19,22)/t11-/m1/s1. The molecule has 0 aliphatic heterocycles. The minimum Gasteiger partial charge on any atom is -0.368 e. The first kappa shape index (κ1) is 15.7. The third-order valence-corrected chi connectivity index (χ3v) is 3.23. The first-order valence-corrected chi connectivity index (χ1v) is 6.77. The summed E-state index contributed by atoms with van der Waals surface area (Å²) >= 11 is 0. The molecule has 2 aromatic heterocycles. The Morgan fingerprint density at radius 3 is 2.46 bits per heavy atom. The number of benzene rings is 1. The Labute approximate surface area is 133 Å². The van der Waals surface area contributed by atoms with E-state index < -0.39 is 23.9 Å². The third kappa shape index (κ3) is 2.98. The van der Waals surface area contributed by atoms with Crippen LogP contribution in [0, 0.1) is 0 Å². The number of carbonyl (C=O) groups excluding carboxylic acids is 1. The third-order valence-electron chi connectivity index (χ3n) is 3.23. The van der Waals surface area contributed by atoms with E-state index in [1.165, 1.54) is 12.1 Å². The predicted octanol–water partition coefficient (Wildman–Crippen LogP) is 1.78. The van der Waals surface area contributed by atoms with Crippen molar-refractivity contribution in [1.82, 2.24) is 19.8 Å². The van der Waals surface area contributed by atoms with E-state index in [0.29, 0.717) is 10.1 Å². The maximum atomic E-state index is 12.9. The van der Waals surface area contributed by atoms with Gasteiger partial charge in [-0.05, 0) is 17.7 Å². The van der Waals surface area contributed by atoms with Crippen LogP contribution < -0.4 is 11.1 Å². The zero-order chi connectivity index (χ0) is 17.3. The summed E-state index contributed by atoms with van der Waals surface area (Å²) < 4.78 is 39.2. The second kappa shape index (κ2) is 5.80. The topological polar surface area (TPSA) is 98.2 Å². The average Bonchev–Trinajstić information content (AvgIpc) is 2.96. The number of carbonyl (C=O) groups is 1. The van der Waals surface area contributed by atoms with Crippen LogP contribution in [0.2, 0.25) is 0 Å². The zero-order valence-electron chi connectivity index (χ0n) is 12.0. The van der Waals surface area contributed by atoms with E-state index >= 15 is 0 Å². The summed E-state index contributed by atoms with van der Waals surface area (Å²) in [5, 5.41) is 13.0. The van der Waals surface area contributed by atoms with E-state index in [1.807, 2.05) is 0 Å². The summed E-state index contributed by atoms with van der Waals surface area (Å²) in [6.07, 6.45) is -4.70. The van der Waals surface area contributed by atoms with Gasteiger partial charge in [-0.1, -0.05) is 30.3 Å². The molecule has 3 aromatic rings. The Morgan fingerprint density at radius 1 is 1.12 bits per heavy atom. The molecule has 7 nitrogen and oxygen atoms in total. The molecule has 0 bridgehead atoms. The Balaban J connectivity index is 1.98. The van der Waals surface area contributed by atoms with Crippen molar-refractivity contribution < 1.29 is 18.0 Å². The lowest BCUT2D eigenvalue weighted by Crippen LogP contribution is -2.28. The van der Waals surface area contributed by atoms with Crippen LogP contribution in [0.1, 0.15) is 17.4 Å². The number of nitrogens with two attached hydrogens (primary N) is 1. The summed E-state index contributed by atoms with van der Waals surface area (Å²) in [5.41, 5.74) is 5.86. The van der Waals surface area contributed by atoms with E-state index in [4.69, 9.17) is 5.73 Å². The van der Waals surface area contributed by atoms with Crippen molar-refractivity contribution in [1.29, 1.82) is 0 Å². The van der Waals surface area contributed by atoms with Gasteiger partial charge in [0.2, 0.25) is 5.91 Å². The number of amides is 1. The first-order chi connectivity index (χ1) is 11.4. The molecule has 124 valence electrons. The molecule has 0 saturated heterocycles. The van der Waals surface area contributed by atoms with Crippen molar-refractivity contribution in [2.45, 2.75) is 12.2 Å². The maximum absolute atomic E-state index is 12.9. The molecule has 10 heteroatoms. The maximum Gasteiger partial charge on any atom is 0.453 e. The highest BCUT2D eigenvalue weighted by Crippen LogP contribution is 2.28. The molecule has 3 rings (SSSR count). The number of fused-ring (bicyclic) bond motifs is 1. The lowest BCUT2D eigenvalue weighted by atomic mass is 10.1. The van der Waals surface area contributed by atoms with Gasteiger partial charge in [-0.25, -0.2) is 0 Å². The van der Waals surface area contributed by atoms with Crippen LogP contribution >= 0.6 is 0 Å². The number of aromatic nitrogens is 4. The fourth-order valence-corrected chi connectivity index (χ4v) is 2.15. The number of hydrogen-bond donors (Lipinski definition) is 2. The SMILES string of the molecule is NC(=O)[C@H](Nc1ccc2nnc(C(F)(F)F)n2n1)c1ccccc1. The number of rotatable bonds is 4. The normalized spacial score (nSPS) is 13.0. The highest BCUT2D eigenvalue weighted by molar-refractivity contribution is 5.84. The lowest BCUT2D eigenvalue weighted by molar-refractivity contribution is -0.146. The molecule has 3 N–H and O–H groups in total. The van der Waals surface area contributed by atoms with Crippen LogP contribution in [-0.4, -0.2) is 25.7 Å². The molecule has 24 heavy (non-hydrogen) atoms. The predicted molar refractivity (Wildman–Crippen MR) is 77.8 cm³/mol. The van der Waals surface area contributed by atoms with Gasteiger partial charge in [-0.2, -0.15) is 17.7 Å². The monoisotopic (exact) mass is 336 g/mol.